The maximum atomic E-state index is 14.5. The highest BCUT2D eigenvalue weighted by atomic mass is 19.1. The van der Waals surface area contributed by atoms with Gasteiger partial charge in [0.1, 0.15) is 0 Å². The van der Waals surface area contributed by atoms with E-state index >= 15 is 0 Å². The van der Waals surface area contributed by atoms with E-state index in [9.17, 15) is 9.18 Å². The quantitative estimate of drug-likeness (QED) is 0.712. The molecule has 2 atom stereocenters. The van der Waals surface area contributed by atoms with Gasteiger partial charge in [-0.25, -0.2) is 9.37 Å². The third-order valence-electron chi connectivity index (χ3n) is 4.56. The lowest BCUT2D eigenvalue weighted by Crippen LogP contribution is -2.22. The number of aromatic nitrogens is 4. The Kier molecular flexibility index (Phi) is 4.57. The molecule has 0 saturated heterocycles. The van der Waals surface area contributed by atoms with Crippen molar-refractivity contribution in [2.45, 2.75) is 38.3 Å². The van der Waals surface area contributed by atoms with Crippen molar-refractivity contribution in [1.29, 1.82) is 0 Å². The Labute approximate surface area is 154 Å². The van der Waals surface area contributed by atoms with E-state index in [4.69, 9.17) is 4.52 Å². The largest absolute Gasteiger partial charge is 0.365 e. The lowest BCUT2D eigenvalue weighted by molar-refractivity contribution is 0.394. The number of hydrogen-bond acceptors (Lipinski definition) is 7. The van der Waals surface area contributed by atoms with Crippen LogP contribution < -0.4 is 16.2 Å². The molecule has 3 aromatic rings. The smallest absolute Gasteiger partial charge is 0.263 e. The summed E-state index contributed by atoms with van der Waals surface area (Å²) < 4.78 is 20.8. The Morgan fingerprint density at radius 3 is 2.78 bits per heavy atom. The predicted molar refractivity (Wildman–Crippen MR) is 97.5 cm³/mol. The molecule has 140 valence electrons. The number of aryl methyl sites for hydroxylation is 1. The monoisotopic (exact) mass is 370 g/mol. The molecule has 8 nitrogen and oxygen atoms in total. The highest BCUT2D eigenvalue weighted by molar-refractivity contribution is 5.43. The second-order valence-corrected chi connectivity index (χ2v) is 6.57. The highest BCUT2D eigenvalue weighted by Gasteiger charge is 2.26. The van der Waals surface area contributed by atoms with Gasteiger partial charge in [-0.05, 0) is 30.5 Å². The molecule has 4 rings (SSSR count). The van der Waals surface area contributed by atoms with Gasteiger partial charge < -0.3 is 15.2 Å². The zero-order valence-corrected chi connectivity index (χ0v) is 14.7. The van der Waals surface area contributed by atoms with E-state index in [1.54, 1.807) is 25.3 Å². The van der Waals surface area contributed by atoms with Crippen LogP contribution in [0.25, 0.3) is 5.69 Å². The number of rotatable bonds is 5. The maximum Gasteiger partial charge on any atom is 0.263 e. The number of anilines is 2. The Balaban J connectivity index is 1.41. The zero-order valence-electron chi connectivity index (χ0n) is 14.7. The summed E-state index contributed by atoms with van der Waals surface area (Å²) in [5, 5.41) is 10.2. The Morgan fingerprint density at radius 1 is 1.26 bits per heavy atom. The molecule has 1 aliphatic rings. The summed E-state index contributed by atoms with van der Waals surface area (Å²) in [6, 6.07) is 6.35. The van der Waals surface area contributed by atoms with Gasteiger partial charge in [0.05, 0.1) is 11.9 Å². The average molecular weight is 370 g/mol. The lowest BCUT2D eigenvalue weighted by atomic mass is 10.2. The van der Waals surface area contributed by atoms with E-state index in [0.29, 0.717) is 17.5 Å². The lowest BCUT2D eigenvalue weighted by Gasteiger charge is -2.15. The number of hydrogen-bond donors (Lipinski definition) is 2. The van der Waals surface area contributed by atoms with Crippen molar-refractivity contribution in [3.63, 3.8) is 0 Å². The van der Waals surface area contributed by atoms with Crippen LogP contribution in [-0.2, 0) is 0 Å². The highest BCUT2D eigenvalue weighted by Crippen LogP contribution is 2.26. The molecule has 9 heteroatoms. The van der Waals surface area contributed by atoms with Crippen LogP contribution in [0.2, 0.25) is 0 Å². The number of halogens is 1. The minimum Gasteiger partial charge on any atom is -0.365 e. The van der Waals surface area contributed by atoms with Crippen molar-refractivity contribution in [1.82, 2.24) is 19.7 Å². The average Bonchev–Trinajstić information content (AvgIpc) is 3.26. The Morgan fingerprint density at radius 2 is 2.07 bits per heavy atom. The first kappa shape index (κ1) is 17.2. The van der Waals surface area contributed by atoms with Gasteiger partial charge in [-0.3, -0.25) is 9.36 Å². The Bertz CT molecular complexity index is 1000. The summed E-state index contributed by atoms with van der Waals surface area (Å²) in [4.78, 5) is 20.2. The standard InChI is InChI=1S/C18H19FN6O2/c1-11-21-18(24-27-11)23-13-6-5-12(8-13)22-17-15(19)9-14(10-20-17)25-7-3-2-4-16(25)26/h2-4,7,9-10,12-13H,5-6,8H2,1H3,(H,20,22)(H,23,24)/t12-,13-/m0/s1. The minimum absolute atomic E-state index is 0.0859. The van der Waals surface area contributed by atoms with Gasteiger partial charge in [-0.1, -0.05) is 6.07 Å². The van der Waals surface area contributed by atoms with Crippen molar-refractivity contribution in [3.05, 3.63) is 58.7 Å². The van der Waals surface area contributed by atoms with Gasteiger partial charge in [-0.2, -0.15) is 4.98 Å². The molecule has 1 aliphatic carbocycles. The van der Waals surface area contributed by atoms with Crippen LogP contribution in [0.4, 0.5) is 16.2 Å². The van der Waals surface area contributed by atoms with Crippen LogP contribution in [0.1, 0.15) is 25.2 Å². The number of nitrogens with one attached hydrogen (secondary N) is 2. The fourth-order valence-corrected chi connectivity index (χ4v) is 3.28. The molecule has 3 heterocycles. The zero-order chi connectivity index (χ0) is 18.8. The predicted octanol–water partition coefficient (Wildman–Crippen LogP) is 2.51. The van der Waals surface area contributed by atoms with E-state index in [-0.39, 0.29) is 23.5 Å². The van der Waals surface area contributed by atoms with Gasteiger partial charge >= 0.3 is 0 Å². The second-order valence-electron chi connectivity index (χ2n) is 6.57. The molecule has 27 heavy (non-hydrogen) atoms. The van der Waals surface area contributed by atoms with Crippen LogP contribution in [0.5, 0.6) is 0 Å². The van der Waals surface area contributed by atoms with Crippen LogP contribution in [0.3, 0.4) is 0 Å². The molecule has 0 unspecified atom stereocenters. The van der Waals surface area contributed by atoms with Crippen molar-refractivity contribution >= 4 is 11.8 Å². The van der Waals surface area contributed by atoms with E-state index < -0.39 is 5.82 Å². The third-order valence-corrected chi connectivity index (χ3v) is 4.56. The summed E-state index contributed by atoms with van der Waals surface area (Å²) in [6.45, 7) is 1.73. The van der Waals surface area contributed by atoms with Crippen LogP contribution >= 0.6 is 0 Å². The van der Waals surface area contributed by atoms with Gasteiger partial charge in [0.15, 0.2) is 11.6 Å². The summed E-state index contributed by atoms with van der Waals surface area (Å²) in [5.41, 5.74) is 0.155. The van der Waals surface area contributed by atoms with E-state index in [1.165, 1.54) is 22.9 Å². The van der Waals surface area contributed by atoms with Crippen molar-refractivity contribution in [3.8, 4) is 5.69 Å². The molecular weight excluding hydrogens is 351 g/mol. The molecule has 0 bridgehead atoms. The number of pyridine rings is 2. The van der Waals surface area contributed by atoms with E-state index in [1.807, 2.05) is 0 Å². The van der Waals surface area contributed by atoms with Crippen molar-refractivity contribution in [2.24, 2.45) is 0 Å². The molecule has 0 aromatic carbocycles. The van der Waals surface area contributed by atoms with Gasteiger partial charge in [-0.15, -0.1) is 0 Å². The second kappa shape index (κ2) is 7.18. The van der Waals surface area contributed by atoms with E-state index in [0.717, 1.165) is 19.3 Å². The summed E-state index contributed by atoms with van der Waals surface area (Å²) in [5.74, 6) is 0.673. The summed E-state index contributed by atoms with van der Waals surface area (Å²) >= 11 is 0. The van der Waals surface area contributed by atoms with Crippen LogP contribution in [0, 0.1) is 12.7 Å². The topological polar surface area (TPSA) is 97.9 Å². The molecular formula is C18H19FN6O2. The van der Waals surface area contributed by atoms with Gasteiger partial charge in [0.2, 0.25) is 5.89 Å². The minimum atomic E-state index is -0.492. The normalized spacial score (nSPS) is 19.2. The molecule has 0 aliphatic heterocycles. The number of nitrogens with zero attached hydrogens (tertiary/aromatic N) is 4. The van der Waals surface area contributed by atoms with Crippen LogP contribution in [0.15, 0.2) is 46.0 Å². The first-order valence-electron chi connectivity index (χ1n) is 8.75. The van der Waals surface area contributed by atoms with Crippen LogP contribution in [-0.4, -0.2) is 31.8 Å². The summed E-state index contributed by atoms with van der Waals surface area (Å²) in [7, 11) is 0. The van der Waals surface area contributed by atoms with Crippen molar-refractivity contribution < 1.29 is 8.91 Å². The molecule has 0 spiro atoms. The van der Waals surface area contributed by atoms with Crippen molar-refractivity contribution in [2.75, 3.05) is 10.6 Å². The molecule has 1 fully saturated rings. The molecule has 2 N–H and O–H groups in total. The maximum absolute atomic E-state index is 14.5. The third kappa shape index (κ3) is 3.81. The Hall–Kier alpha value is -3.23. The molecule has 1 saturated carbocycles. The fraction of sp³-hybridized carbons (Fsp3) is 0.333. The first-order chi connectivity index (χ1) is 13.1. The van der Waals surface area contributed by atoms with Gasteiger partial charge in [0.25, 0.3) is 11.5 Å². The summed E-state index contributed by atoms with van der Waals surface area (Å²) in [6.07, 6.45) is 5.63. The molecule has 0 amide bonds. The fourth-order valence-electron chi connectivity index (χ4n) is 3.28. The van der Waals surface area contributed by atoms with Gasteiger partial charge in [0, 0.05) is 37.3 Å². The SMILES string of the molecule is Cc1nc(N[C@H]2CC[C@H](Nc3ncc(-n4ccccc4=O)cc3F)C2)no1. The first-order valence-corrected chi connectivity index (χ1v) is 8.75. The molecule has 3 aromatic heterocycles. The molecule has 0 radical (unpaired) electrons. The van der Waals surface area contributed by atoms with E-state index in [2.05, 4.69) is 25.8 Å².